The number of rotatable bonds is 5. The molecule has 0 unspecified atom stereocenters. The van der Waals surface area contributed by atoms with Crippen molar-refractivity contribution in [3.8, 4) is 0 Å². The third-order valence-corrected chi connectivity index (χ3v) is 4.13. The van der Waals surface area contributed by atoms with E-state index in [0.29, 0.717) is 16.6 Å². The van der Waals surface area contributed by atoms with Gasteiger partial charge in [-0.25, -0.2) is 0 Å². The molecule has 1 heterocycles. The van der Waals surface area contributed by atoms with E-state index >= 15 is 0 Å². The molecule has 1 aromatic rings. The summed E-state index contributed by atoms with van der Waals surface area (Å²) < 4.78 is 0. The minimum Gasteiger partial charge on any atom is -0.379 e. The van der Waals surface area contributed by atoms with Gasteiger partial charge in [0.15, 0.2) is 0 Å². The number of anilines is 1. The van der Waals surface area contributed by atoms with Crippen LogP contribution >= 0.6 is 11.6 Å². The molecule has 0 aromatic heterocycles. The molecule has 0 amide bonds. The van der Waals surface area contributed by atoms with Crippen molar-refractivity contribution < 1.29 is 4.92 Å². The largest absolute Gasteiger partial charge is 0.379 e. The molecule has 1 saturated heterocycles. The van der Waals surface area contributed by atoms with Crippen molar-refractivity contribution in [3.05, 3.63) is 33.3 Å². The van der Waals surface area contributed by atoms with Crippen molar-refractivity contribution in [3.63, 3.8) is 0 Å². The van der Waals surface area contributed by atoms with Crippen LogP contribution in [0.4, 0.5) is 11.4 Å². The highest BCUT2D eigenvalue weighted by Gasteiger charge is 2.19. The van der Waals surface area contributed by atoms with Crippen LogP contribution in [0.2, 0.25) is 5.02 Å². The molecule has 0 bridgehead atoms. The second kappa shape index (κ2) is 6.90. The van der Waals surface area contributed by atoms with Crippen LogP contribution in [0.5, 0.6) is 0 Å². The maximum atomic E-state index is 11.0. The Morgan fingerprint density at radius 1 is 1.45 bits per heavy atom. The lowest BCUT2D eigenvalue weighted by molar-refractivity contribution is -0.384. The van der Waals surface area contributed by atoms with Gasteiger partial charge in [0.05, 0.1) is 4.92 Å². The lowest BCUT2D eigenvalue weighted by Crippen LogP contribution is -2.35. The van der Waals surface area contributed by atoms with Gasteiger partial charge >= 0.3 is 0 Å². The Morgan fingerprint density at radius 2 is 2.15 bits per heavy atom. The van der Waals surface area contributed by atoms with Gasteiger partial charge in [-0.15, -0.1) is 0 Å². The van der Waals surface area contributed by atoms with Gasteiger partial charge in [-0.05, 0) is 50.5 Å². The van der Waals surface area contributed by atoms with E-state index in [-0.39, 0.29) is 10.6 Å². The minimum absolute atomic E-state index is 0.0837. The zero-order valence-corrected chi connectivity index (χ0v) is 12.4. The van der Waals surface area contributed by atoms with Crippen LogP contribution in [0.25, 0.3) is 0 Å². The summed E-state index contributed by atoms with van der Waals surface area (Å²) >= 11 is 5.91. The summed E-state index contributed by atoms with van der Waals surface area (Å²) in [5, 5.41) is 14.7. The van der Waals surface area contributed by atoms with Crippen LogP contribution in [-0.2, 0) is 0 Å². The zero-order chi connectivity index (χ0) is 14.5. The number of likely N-dealkylation sites (tertiary alicyclic amines) is 1. The monoisotopic (exact) mass is 297 g/mol. The molecule has 0 saturated carbocycles. The molecule has 5 nitrogen and oxygen atoms in total. The molecule has 1 fully saturated rings. The van der Waals surface area contributed by atoms with Gasteiger partial charge in [0.25, 0.3) is 5.69 Å². The molecule has 0 radical (unpaired) electrons. The molecule has 2 rings (SSSR count). The van der Waals surface area contributed by atoms with Crippen LogP contribution in [-0.4, -0.2) is 36.0 Å². The van der Waals surface area contributed by atoms with Crippen LogP contribution in [0.3, 0.4) is 0 Å². The summed E-state index contributed by atoms with van der Waals surface area (Å²) in [4.78, 5) is 13.0. The standard InChI is InChI=1S/C14H20ClN3O2/c1-2-17-7-5-11(6-8-17)10-16-13-9-12(15)3-4-14(13)18(19)20/h3-4,9,11,16H,2,5-8,10H2,1H3. The molecule has 0 atom stereocenters. The quantitative estimate of drug-likeness (QED) is 0.668. The fraction of sp³-hybridized carbons (Fsp3) is 0.571. The fourth-order valence-corrected chi connectivity index (χ4v) is 2.74. The van der Waals surface area contributed by atoms with Gasteiger partial charge in [0, 0.05) is 17.6 Å². The molecule has 20 heavy (non-hydrogen) atoms. The Labute approximate surface area is 124 Å². The second-order valence-electron chi connectivity index (χ2n) is 5.18. The Balaban J connectivity index is 1.94. The topological polar surface area (TPSA) is 58.4 Å². The van der Waals surface area contributed by atoms with E-state index in [1.165, 1.54) is 6.07 Å². The summed E-state index contributed by atoms with van der Waals surface area (Å²) in [6.45, 7) is 6.26. The van der Waals surface area contributed by atoms with E-state index in [9.17, 15) is 10.1 Å². The van der Waals surface area contributed by atoms with E-state index in [4.69, 9.17) is 11.6 Å². The molecule has 1 N–H and O–H groups in total. The SMILES string of the molecule is CCN1CCC(CNc2cc(Cl)ccc2[N+](=O)[O-])CC1. The third-order valence-electron chi connectivity index (χ3n) is 3.89. The van der Waals surface area contributed by atoms with Crippen LogP contribution in [0, 0.1) is 16.0 Å². The number of hydrogen-bond acceptors (Lipinski definition) is 4. The Hall–Kier alpha value is -1.33. The number of nitrogens with one attached hydrogen (secondary N) is 1. The maximum Gasteiger partial charge on any atom is 0.292 e. The van der Waals surface area contributed by atoms with Crippen LogP contribution in [0.15, 0.2) is 18.2 Å². The molecular weight excluding hydrogens is 278 g/mol. The van der Waals surface area contributed by atoms with E-state index in [1.807, 2.05) is 0 Å². The number of nitrogens with zero attached hydrogens (tertiary/aromatic N) is 2. The van der Waals surface area contributed by atoms with E-state index in [0.717, 1.165) is 39.0 Å². The van der Waals surface area contributed by atoms with Gasteiger partial charge in [0.2, 0.25) is 0 Å². The molecule has 0 aliphatic carbocycles. The first-order valence-electron chi connectivity index (χ1n) is 7.00. The predicted molar refractivity (Wildman–Crippen MR) is 81.4 cm³/mol. The first kappa shape index (κ1) is 15.1. The van der Waals surface area contributed by atoms with Gasteiger partial charge in [-0.3, -0.25) is 10.1 Å². The summed E-state index contributed by atoms with van der Waals surface area (Å²) in [6.07, 6.45) is 2.27. The lowest BCUT2D eigenvalue weighted by Gasteiger charge is -2.31. The first-order valence-corrected chi connectivity index (χ1v) is 7.38. The lowest BCUT2D eigenvalue weighted by atomic mass is 9.97. The number of piperidine rings is 1. The third kappa shape index (κ3) is 3.84. The molecular formula is C14H20ClN3O2. The fourth-order valence-electron chi connectivity index (χ4n) is 2.57. The first-order chi connectivity index (χ1) is 9.60. The minimum atomic E-state index is -0.377. The molecule has 1 aliphatic heterocycles. The number of hydrogen-bond donors (Lipinski definition) is 1. The van der Waals surface area contributed by atoms with E-state index in [1.54, 1.807) is 12.1 Å². The number of nitro benzene ring substituents is 1. The normalized spacial score (nSPS) is 17.1. The van der Waals surface area contributed by atoms with Crippen LogP contribution < -0.4 is 5.32 Å². The van der Waals surface area contributed by atoms with Crippen molar-refractivity contribution in [1.82, 2.24) is 4.90 Å². The highest BCUT2D eigenvalue weighted by Crippen LogP contribution is 2.28. The summed E-state index contributed by atoms with van der Waals surface area (Å²) in [5.41, 5.74) is 0.598. The zero-order valence-electron chi connectivity index (χ0n) is 11.6. The maximum absolute atomic E-state index is 11.0. The van der Waals surface area contributed by atoms with Gasteiger partial charge in [0.1, 0.15) is 5.69 Å². The summed E-state index contributed by atoms with van der Waals surface area (Å²) in [5.74, 6) is 0.566. The molecule has 1 aromatic carbocycles. The highest BCUT2D eigenvalue weighted by molar-refractivity contribution is 6.31. The van der Waals surface area contributed by atoms with Crippen molar-refractivity contribution in [2.75, 3.05) is 31.5 Å². The average molecular weight is 298 g/mol. The summed E-state index contributed by atoms with van der Waals surface area (Å²) in [6, 6.07) is 4.62. The number of benzene rings is 1. The van der Waals surface area contributed by atoms with Gasteiger partial charge in [-0.2, -0.15) is 0 Å². The van der Waals surface area contributed by atoms with E-state index < -0.39 is 0 Å². The molecule has 6 heteroatoms. The highest BCUT2D eigenvalue weighted by atomic mass is 35.5. The van der Waals surface area contributed by atoms with Gasteiger partial charge < -0.3 is 10.2 Å². The number of halogens is 1. The number of nitro groups is 1. The van der Waals surface area contributed by atoms with Gasteiger partial charge in [-0.1, -0.05) is 18.5 Å². The molecule has 1 aliphatic rings. The second-order valence-corrected chi connectivity index (χ2v) is 5.61. The van der Waals surface area contributed by atoms with E-state index in [2.05, 4.69) is 17.1 Å². The predicted octanol–water partition coefficient (Wildman–Crippen LogP) is 3.39. The average Bonchev–Trinajstić information content (AvgIpc) is 2.45. The Kier molecular flexibility index (Phi) is 5.20. The van der Waals surface area contributed by atoms with Crippen molar-refractivity contribution in [2.45, 2.75) is 19.8 Å². The van der Waals surface area contributed by atoms with Crippen molar-refractivity contribution in [2.24, 2.45) is 5.92 Å². The Morgan fingerprint density at radius 3 is 2.75 bits per heavy atom. The van der Waals surface area contributed by atoms with Crippen molar-refractivity contribution >= 4 is 23.0 Å². The molecule has 110 valence electrons. The Bertz CT molecular complexity index is 473. The van der Waals surface area contributed by atoms with Crippen LogP contribution in [0.1, 0.15) is 19.8 Å². The summed E-state index contributed by atoms with van der Waals surface area (Å²) in [7, 11) is 0. The smallest absolute Gasteiger partial charge is 0.292 e. The molecule has 0 spiro atoms. The van der Waals surface area contributed by atoms with Crippen molar-refractivity contribution in [1.29, 1.82) is 0 Å².